The number of nitrogens with two attached hydrogens (primary N) is 1. The van der Waals surface area contributed by atoms with Crippen LogP contribution in [0.2, 0.25) is 0 Å². The molecule has 0 unspecified atom stereocenters. The van der Waals surface area contributed by atoms with Gasteiger partial charge in [-0.2, -0.15) is 0 Å². The number of hydrogen-bond acceptors (Lipinski definition) is 3. The highest BCUT2D eigenvalue weighted by Crippen LogP contribution is 1.86. The zero-order valence-corrected chi connectivity index (χ0v) is 6.64. The van der Waals surface area contributed by atoms with Crippen molar-refractivity contribution in [1.29, 1.82) is 5.41 Å². The lowest BCUT2D eigenvalue weighted by molar-refractivity contribution is 0.342. The van der Waals surface area contributed by atoms with E-state index in [2.05, 4.69) is 11.9 Å². The molecule has 0 aliphatic rings. The summed E-state index contributed by atoms with van der Waals surface area (Å²) in [6.45, 7) is 2.78. The number of nitrogens with zero attached hydrogens (tertiary/aromatic N) is 1. The highest BCUT2D eigenvalue weighted by molar-refractivity contribution is 5.52. The van der Waals surface area contributed by atoms with E-state index in [1.807, 2.05) is 0 Å². The van der Waals surface area contributed by atoms with Crippen molar-refractivity contribution in [2.75, 3.05) is 26.7 Å². The van der Waals surface area contributed by atoms with Crippen LogP contribution in [0, 0.1) is 5.41 Å². The molecule has 0 amide bonds. The third-order valence-electron chi connectivity index (χ3n) is 1.40. The van der Waals surface area contributed by atoms with Gasteiger partial charge in [0.2, 0.25) is 0 Å². The SMILES string of the molecule is CN(CCC=N)CCCN. The molecule has 0 heterocycles. The van der Waals surface area contributed by atoms with E-state index >= 15 is 0 Å². The van der Waals surface area contributed by atoms with Gasteiger partial charge in [-0.05, 0) is 39.2 Å². The zero-order valence-electron chi connectivity index (χ0n) is 6.64. The molecule has 0 radical (unpaired) electrons. The first-order valence-electron chi connectivity index (χ1n) is 3.68. The van der Waals surface area contributed by atoms with Crippen LogP contribution in [0.15, 0.2) is 0 Å². The van der Waals surface area contributed by atoms with Crippen LogP contribution in [0.4, 0.5) is 0 Å². The Balaban J connectivity index is 3.07. The molecule has 0 aromatic rings. The summed E-state index contributed by atoms with van der Waals surface area (Å²) in [4.78, 5) is 2.19. The Labute approximate surface area is 62.7 Å². The maximum Gasteiger partial charge on any atom is 0.00276 e. The fourth-order valence-corrected chi connectivity index (χ4v) is 0.758. The molecule has 0 aromatic carbocycles. The van der Waals surface area contributed by atoms with Crippen molar-refractivity contribution in [3.05, 3.63) is 0 Å². The Kier molecular flexibility index (Phi) is 6.43. The van der Waals surface area contributed by atoms with Crippen LogP contribution in [0.1, 0.15) is 12.8 Å². The van der Waals surface area contributed by atoms with Crippen molar-refractivity contribution < 1.29 is 0 Å². The van der Waals surface area contributed by atoms with Gasteiger partial charge < -0.3 is 16.0 Å². The van der Waals surface area contributed by atoms with Gasteiger partial charge in [-0.15, -0.1) is 0 Å². The molecule has 0 aliphatic heterocycles. The molecule has 0 saturated heterocycles. The van der Waals surface area contributed by atoms with E-state index in [0.717, 1.165) is 32.5 Å². The van der Waals surface area contributed by atoms with Gasteiger partial charge in [0, 0.05) is 6.54 Å². The fourth-order valence-electron chi connectivity index (χ4n) is 0.758. The van der Waals surface area contributed by atoms with Gasteiger partial charge >= 0.3 is 0 Å². The molecule has 0 fully saturated rings. The normalized spacial score (nSPS) is 10.3. The first-order valence-corrected chi connectivity index (χ1v) is 3.68. The predicted octanol–water partition coefficient (Wildman–Crippen LogP) is 0.307. The van der Waals surface area contributed by atoms with E-state index in [4.69, 9.17) is 11.1 Å². The maximum atomic E-state index is 6.80. The minimum absolute atomic E-state index is 0.759. The summed E-state index contributed by atoms with van der Waals surface area (Å²) in [7, 11) is 2.05. The molecule has 0 bridgehead atoms. The average molecular weight is 143 g/mol. The Bertz CT molecular complexity index is 82.9. The molecule has 3 N–H and O–H groups in total. The number of rotatable bonds is 6. The molecule has 60 valence electrons. The van der Waals surface area contributed by atoms with Crippen molar-refractivity contribution in [2.45, 2.75) is 12.8 Å². The Hall–Kier alpha value is -0.410. The second-order valence-corrected chi connectivity index (χ2v) is 2.44. The van der Waals surface area contributed by atoms with Crippen LogP contribution >= 0.6 is 0 Å². The van der Waals surface area contributed by atoms with Crippen LogP contribution in [0.25, 0.3) is 0 Å². The number of nitrogens with one attached hydrogen (secondary N) is 1. The molecule has 0 atom stereocenters. The van der Waals surface area contributed by atoms with E-state index < -0.39 is 0 Å². The van der Waals surface area contributed by atoms with E-state index in [9.17, 15) is 0 Å². The molecule has 0 rings (SSSR count). The van der Waals surface area contributed by atoms with Crippen molar-refractivity contribution in [1.82, 2.24) is 4.90 Å². The largest absolute Gasteiger partial charge is 0.330 e. The van der Waals surface area contributed by atoms with Gasteiger partial charge in [-0.25, -0.2) is 0 Å². The lowest BCUT2D eigenvalue weighted by Crippen LogP contribution is -2.22. The lowest BCUT2D eigenvalue weighted by atomic mass is 10.3. The minimum atomic E-state index is 0.759. The summed E-state index contributed by atoms with van der Waals surface area (Å²) < 4.78 is 0. The van der Waals surface area contributed by atoms with Crippen molar-refractivity contribution >= 4 is 6.21 Å². The van der Waals surface area contributed by atoms with Crippen molar-refractivity contribution in [3.8, 4) is 0 Å². The highest BCUT2D eigenvalue weighted by atomic mass is 15.1. The Morgan fingerprint density at radius 2 is 2.20 bits per heavy atom. The molecule has 0 aromatic heterocycles. The average Bonchev–Trinajstić information content (AvgIpc) is 1.97. The van der Waals surface area contributed by atoms with E-state index in [1.54, 1.807) is 0 Å². The van der Waals surface area contributed by atoms with Crippen LogP contribution < -0.4 is 5.73 Å². The molecule has 0 spiro atoms. The summed E-state index contributed by atoms with van der Waals surface area (Å²) in [6.07, 6.45) is 3.34. The Morgan fingerprint density at radius 3 is 2.70 bits per heavy atom. The van der Waals surface area contributed by atoms with Gasteiger partial charge in [0.25, 0.3) is 0 Å². The van der Waals surface area contributed by atoms with Gasteiger partial charge in [0.05, 0.1) is 0 Å². The fraction of sp³-hybridized carbons (Fsp3) is 0.857. The van der Waals surface area contributed by atoms with Crippen molar-refractivity contribution in [2.24, 2.45) is 5.73 Å². The minimum Gasteiger partial charge on any atom is -0.330 e. The van der Waals surface area contributed by atoms with Crippen LogP contribution in [-0.2, 0) is 0 Å². The van der Waals surface area contributed by atoms with Crippen LogP contribution in [0.5, 0.6) is 0 Å². The monoisotopic (exact) mass is 143 g/mol. The van der Waals surface area contributed by atoms with E-state index in [-0.39, 0.29) is 0 Å². The van der Waals surface area contributed by atoms with Gasteiger partial charge in [-0.3, -0.25) is 0 Å². The van der Waals surface area contributed by atoms with E-state index in [1.165, 1.54) is 6.21 Å². The maximum absolute atomic E-state index is 6.80. The quantitative estimate of drug-likeness (QED) is 0.526. The first-order chi connectivity index (χ1) is 4.81. The topological polar surface area (TPSA) is 53.1 Å². The predicted molar refractivity (Wildman–Crippen MR) is 44.6 cm³/mol. The van der Waals surface area contributed by atoms with Crippen molar-refractivity contribution in [3.63, 3.8) is 0 Å². The van der Waals surface area contributed by atoms with Gasteiger partial charge in [-0.1, -0.05) is 0 Å². The molecular weight excluding hydrogens is 126 g/mol. The zero-order chi connectivity index (χ0) is 7.82. The summed E-state index contributed by atoms with van der Waals surface area (Å²) in [5, 5.41) is 6.80. The summed E-state index contributed by atoms with van der Waals surface area (Å²) >= 11 is 0. The van der Waals surface area contributed by atoms with Crippen LogP contribution in [-0.4, -0.2) is 37.8 Å². The number of hydrogen-bond donors (Lipinski definition) is 2. The molecule has 3 nitrogen and oxygen atoms in total. The second kappa shape index (κ2) is 6.71. The third-order valence-corrected chi connectivity index (χ3v) is 1.40. The summed E-state index contributed by atoms with van der Waals surface area (Å²) in [6, 6.07) is 0. The van der Waals surface area contributed by atoms with E-state index in [0.29, 0.717) is 0 Å². The summed E-state index contributed by atoms with van der Waals surface area (Å²) in [5.41, 5.74) is 5.33. The smallest absolute Gasteiger partial charge is 0.00276 e. The molecule has 3 heteroatoms. The lowest BCUT2D eigenvalue weighted by Gasteiger charge is -2.13. The molecule has 0 saturated carbocycles. The molecular formula is C7H17N3. The summed E-state index contributed by atoms with van der Waals surface area (Å²) in [5.74, 6) is 0. The molecule has 10 heavy (non-hydrogen) atoms. The second-order valence-electron chi connectivity index (χ2n) is 2.44. The van der Waals surface area contributed by atoms with Gasteiger partial charge in [0.15, 0.2) is 0 Å². The molecule has 0 aliphatic carbocycles. The first kappa shape index (κ1) is 9.59. The Morgan fingerprint density at radius 1 is 1.50 bits per heavy atom. The van der Waals surface area contributed by atoms with Gasteiger partial charge in [0.1, 0.15) is 0 Å². The highest BCUT2D eigenvalue weighted by Gasteiger charge is 1.93. The standard InChI is InChI=1S/C7H17N3/c1-10(6-2-4-8)7-3-5-9/h4,8H,2-3,5-7,9H2,1H3. The third kappa shape index (κ3) is 5.72. The van der Waals surface area contributed by atoms with Crippen LogP contribution in [0.3, 0.4) is 0 Å².